The van der Waals surface area contributed by atoms with Gasteiger partial charge in [-0.2, -0.15) is 0 Å². The van der Waals surface area contributed by atoms with Crippen molar-refractivity contribution in [3.05, 3.63) is 69.2 Å². The van der Waals surface area contributed by atoms with E-state index in [0.717, 1.165) is 17.2 Å². The van der Waals surface area contributed by atoms with Gasteiger partial charge in [0.1, 0.15) is 11.6 Å². The number of halogens is 3. The molecule has 1 unspecified atom stereocenters. The van der Waals surface area contributed by atoms with E-state index in [-0.39, 0.29) is 16.5 Å². The van der Waals surface area contributed by atoms with Crippen LogP contribution in [0.25, 0.3) is 0 Å². The molecule has 0 saturated heterocycles. The van der Waals surface area contributed by atoms with Gasteiger partial charge in [-0.3, -0.25) is 0 Å². The summed E-state index contributed by atoms with van der Waals surface area (Å²) in [6, 6.07) is 9.90. The Morgan fingerprint density at radius 2 is 1.74 bits per heavy atom. The number of aryl methyl sites for hydroxylation is 1. The lowest BCUT2D eigenvalue weighted by atomic mass is 10.00. The molecule has 2 aromatic rings. The number of hydrogen-bond donors (Lipinski definition) is 1. The van der Waals surface area contributed by atoms with Gasteiger partial charge in [0.2, 0.25) is 0 Å². The Morgan fingerprint density at radius 3 is 2.37 bits per heavy atom. The van der Waals surface area contributed by atoms with Crippen LogP contribution < -0.4 is 0 Å². The molecule has 4 heteroatoms. The average Bonchev–Trinajstić information content (AvgIpc) is 2.37. The molecule has 0 heterocycles. The molecule has 0 radical (unpaired) electrons. The highest BCUT2D eigenvalue weighted by Crippen LogP contribution is 2.28. The van der Waals surface area contributed by atoms with E-state index in [9.17, 15) is 13.9 Å². The van der Waals surface area contributed by atoms with Crippen LogP contribution in [0.2, 0.25) is 0 Å². The Hall–Kier alpha value is -1.26. The molecule has 19 heavy (non-hydrogen) atoms. The van der Waals surface area contributed by atoms with Gasteiger partial charge < -0.3 is 5.11 Å². The number of aliphatic hydroxyl groups is 1. The quantitative estimate of drug-likeness (QED) is 0.833. The van der Waals surface area contributed by atoms with Crippen molar-refractivity contribution in [1.29, 1.82) is 0 Å². The zero-order chi connectivity index (χ0) is 14.0. The van der Waals surface area contributed by atoms with Crippen LogP contribution in [0.15, 0.2) is 40.9 Å². The fraction of sp³-hybridized carbons (Fsp3) is 0.200. The zero-order valence-electron chi connectivity index (χ0n) is 10.3. The maximum Gasteiger partial charge on any atom is 0.146 e. The number of aliphatic hydroxyl groups excluding tert-OH is 1. The lowest BCUT2D eigenvalue weighted by molar-refractivity contribution is 0.168. The molecule has 2 rings (SSSR count). The molecule has 0 spiro atoms. The second-order valence-corrected chi connectivity index (χ2v) is 5.32. The van der Waals surface area contributed by atoms with Gasteiger partial charge in [0, 0.05) is 6.42 Å². The highest BCUT2D eigenvalue weighted by molar-refractivity contribution is 9.10. The fourth-order valence-electron chi connectivity index (χ4n) is 1.90. The van der Waals surface area contributed by atoms with Crippen molar-refractivity contribution in [2.24, 2.45) is 0 Å². The first kappa shape index (κ1) is 14.2. The minimum atomic E-state index is -1.21. The van der Waals surface area contributed by atoms with Gasteiger partial charge in [-0.05, 0) is 40.5 Å². The van der Waals surface area contributed by atoms with Crippen LogP contribution in [0.5, 0.6) is 0 Å². The lowest BCUT2D eigenvalue weighted by Crippen LogP contribution is -2.08. The molecule has 0 aliphatic carbocycles. The van der Waals surface area contributed by atoms with Crippen LogP contribution in [-0.4, -0.2) is 5.11 Å². The summed E-state index contributed by atoms with van der Waals surface area (Å²) >= 11 is 2.99. The summed E-state index contributed by atoms with van der Waals surface area (Å²) in [5.41, 5.74) is 1.63. The van der Waals surface area contributed by atoms with Crippen LogP contribution in [0.1, 0.15) is 22.8 Å². The molecule has 0 aromatic heterocycles. The average molecular weight is 327 g/mol. The van der Waals surface area contributed by atoms with Crippen LogP contribution in [0.4, 0.5) is 8.78 Å². The normalized spacial score (nSPS) is 12.5. The van der Waals surface area contributed by atoms with Crippen LogP contribution in [0.3, 0.4) is 0 Å². The summed E-state index contributed by atoms with van der Waals surface area (Å²) in [6.07, 6.45) is -1.04. The van der Waals surface area contributed by atoms with Gasteiger partial charge in [0.25, 0.3) is 0 Å². The van der Waals surface area contributed by atoms with E-state index in [4.69, 9.17) is 0 Å². The molecule has 1 atom stereocenters. The fourth-order valence-corrected chi connectivity index (χ4v) is 2.24. The third-order valence-corrected chi connectivity index (χ3v) is 3.57. The summed E-state index contributed by atoms with van der Waals surface area (Å²) < 4.78 is 27.6. The van der Waals surface area contributed by atoms with Crippen molar-refractivity contribution in [3.63, 3.8) is 0 Å². The molecule has 0 saturated carbocycles. The Balaban J connectivity index is 2.27. The van der Waals surface area contributed by atoms with Crippen molar-refractivity contribution >= 4 is 15.9 Å². The molecule has 0 bridgehead atoms. The molecule has 0 fully saturated rings. The third kappa shape index (κ3) is 3.19. The lowest BCUT2D eigenvalue weighted by Gasteiger charge is -2.14. The Kier molecular flexibility index (Phi) is 4.32. The Labute approximate surface area is 119 Å². The second-order valence-electron chi connectivity index (χ2n) is 4.46. The van der Waals surface area contributed by atoms with Gasteiger partial charge in [0.05, 0.1) is 16.1 Å². The largest absolute Gasteiger partial charge is 0.388 e. The van der Waals surface area contributed by atoms with Crippen molar-refractivity contribution < 1.29 is 13.9 Å². The van der Waals surface area contributed by atoms with E-state index in [1.54, 1.807) is 0 Å². The van der Waals surface area contributed by atoms with Crippen molar-refractivity contribution in [2.75, 3.05) is 0 Å². The molecule has 1 nitrogen and oxygen atoms in total. The first-order valence-electron chi connectivity index (χ1n) is 5.86. The standard InChI is InChI=1S/C15H13BrF2O/c1-9-2-4-10(5-3-9)8-13(19)14-12(17)7-6-11(16)15(14)18/h2-7,13,19H,8H2,1H3. The van der Waals surface area contributed by atoms with Gasteiger partial charge in [-0.1, -0.05) is 29.8 Å². The SMILES string of the molecule is Cc1ccc(CC(O)c2c(F)ccc(Br)c2F)cc1. The van der Waals surface area contributed by atoms with Crippen molar-refractivity contribution in [2.45, 2.75) is 19.4 Å². The molecule has 2 aromatic carbocycles. The molecular formula is C15H13BrF2O. The van der Waals surface area contributed by atoms with E-state index in [1.165, 1.54) is 6.07 Å². The number of benzene rings is 2. The van der Waals surface area contributed by atoms with E-state index >= 15 is 0 Å². The topological polar surface area (TPSA) is 20.2 Å². The maximum absolute atomic E-state index is 13.8. The monoisotopic (exact) mass is 326 g/mol. The molecule has 0 aliphatic heterocycles. The molecular weight excluding hydrogens is 314 g/mol. The highest BCUT2D eigenvalue weighted by atomic mass is 79.9. The molecule has 0 aliphatic rings. The van der Waals surface area contributed by atoms with Crippen molar-refractivity contribution in [3.8, 4) is 0 Å². The first-order valence-corrected chi connectivity index (χ1v) is 6.65. The number of hydrogen-bond acceptors (Lipinski definition) is 1. The molecule has 1 N–H and O–H groups in total. The highest BCUT2D eigenvalue weighted by Gasteiger charge is 2.20. The van der Waals surface area contributed by atoms with Crippen molar-refractivity contribution in [1.82, 2.24) is 0 Å². The first-order chi connectivity index (χ1) is 8.99. The van der Waals surface area contributed by atoms with Crippen LogP contribution in [-0.2, 0) is 6.42 Å². The maximum atomic E-state index is 13.8. The summed E-state index contributed by atoms with van der Waals surface area (Å²) in [5.74, 6) is -1.49. The second kappa shape index (κ2) is 5.80. The predicted octanol–water partition coefficient (Wildman–Crippen LogP) is 4.31. The smallest absolute Gasteiger partial charge is 0.146 e. The minimum Gasteiger partial charge on any atom is -0.388 e. The zero-order valence-corrected chi connectivity index (χ0v) is 11.9. The van der Waals surface area contributed by atoms with Crippen LogP contribution >= 0.6 is 15.9 Å². The van der Waals surface area contributed by atoms with E-state index in [2.05, 4.69) is 15.9 Å². The molecule has 100 valence electrons. The van der Waals surface area contributed by atoms with Crippen LogP contribution in [0, 0.1) is 18.6 Å². The Bertz CT molecular complexity index is 581. The van der Waals surface area contributed by atoms with E-state index in [1.807, 2.05) is 31.2 Å². The van der Waals surface area contributed by atoms with Gasteiger partial charge >= 0.3 is 0 Å². The minimum absolute atomic E-state index is 0.145. The third-order valence-electron chi connectivity index (χ3n) is 2.96. The molecule has 0 amide bonds. The summed E-state index contributed by atoms with van der Waals surface area (Å²) in [4.78, 5) is 0. The van der Waals surface area contributed by atoms with E-state index < -0.39 is 17.7 Å². The Morgan fingerprint density at radius 1 is 1.11 bits per heavy atom. The summed E-state index contributed by atoms with van der Waals surface area (Å²) in [7, 11) is 0. The summed E-state index contributed by atoms with van der Waals surface area (Å²) in [5, 5.41) is 10.0. The predicted molar refractivity (Wildman–Crippen MR) is 73.9 cm³/mol. The van der Waals surface area contributed by atoms with Gasteiger partial charge in [-0.25, -0.2) is 8.78 Å². The van der Waals surface area contributed by atoms with E-state index in [0.29, 0.717) is 0 Å². The van der Waals surface area contributed by atoms with Gasteiger partial charge in [0.15, 0.2) is 0 Å². The van der Waals surface area contributed by atoms with Gasteiger partial charge in [-0.15, -0.1) is 0 Å². The summed E-state index contributed by atoms with van der Waals surface area (Å²) in [6.45, 7) is 1.95. The number of rotatable bonds is 3.